The summed E-state index contributed by atoms with van der Waals surface area (Å²) in [6, 6.07) is 0.808. The first-order chi connectivity index (χ1) is 13.5. The number of allylic oxidation sites excluding steroid dienone is 1. The molecule has 1 fully saturated rings. The Labute approximate surface area is 163 Å². The summed E-state index contributed by atoms with van der Waals surface area (Å²) in [5.74, 6) is -4.31. The number of aliphatic imine (C=N–C) groups is 1. The zero-order chi connectivity index (χ0) is 21.5. The zero-order valence-electron chi connectivity index (χ0n) is 15.6. The van der Waals surface area contributed by atoms with Gasteiger partial charge in [0, 0.05) is 36.6 Å². The fourth-order valence-electron chi connectivity index (χ4n) is 3.41. The van der Waals surface area contributed by atoms with Crippen LogP contribution in [-0.4, -0.2) is 35.9 Å². The molecule has 0 spiro atoms. The van der Waals surface area contributed by atoms with Gasteiger partial charge in [0.1, 0.15) is 11.9 Å². The van der Waals surface area contributed by atoms with Crippen molar-refractivity contribution in [3.05, 3.63) is 52.9 Å². The van der Waals surface area contributed by atoms with Crippen molar-refractivity contribution in [3.8, 4) is 0 Å². The number of hydrogen-bond donors (Lipinski definition) is 2. The maximum Gasteiger partial charge on any atom is 0.409 e. The van der Waals surface area contributed by atoms with E-state index in [-0.39, 0.29) is 17.1 Å². The van der Waals surface area contributed by atoms with Crippen molar-refractivity contribution in [1.29, 1.82) is 0 Å². The molecule has 1 aliphatic heterocycles. The number of rotatable bonds is 3. The topological polar surface area (TPSA) is 70.7 Å². The summed E-state index contributed by atoms with van der Waals surface area (Å²) in [7, 11) is 1.19. The zero-order valence-corrected chi connectivity index (χ0v) is 15.6. The summed E-state index contributed by atoms with van der Waals surface area (Å²) >= 11 is 0. The van der Waals surface area contributed by atoms with Crippen molar-refractivity contribution in [3.63, 3.8) is 0 Å². The van der Waals surface area contributed by atoms with Crippen molar-refractivity contribution in [2.75, 3.05) is 12.4 Å². The highest BCUT2D eigenvalue weighted by Crippen LogP contribution is 2.43. The van der Waals surface area contributed by atoms with Crippen LogP contribution >= 0.6 is 0 Å². The van der Waals surface area contributed by atoms with Gasteiger partial charge < -0.3 is 16.0 Å². The van der Waals surface area contributed by atoms with E-state index in [2.05, 4.69) is 10.3 Å². The summed E-state index contributed by atoms with van der Waals surface area (Å²) in [4.78, 5) is 17.8. The standard InChI is InChI=1S/C19H19F5N4O/c1-9-15(10-3-4-10)27-17(28(2)16(9)19(22,23)24)12(8-25)18(29)26-11-5-6-13(20)14(21)7-11/h5-9,16H,3-4,25H2,1-2H3,(H,26,29). The SMILES string of the molecule is CC1C(=C2CC2)N=C(C(=CN)C(=O)Nc2ccc(F)c(F)c2)N(C)C1C(F)(F)F. The molecule has 2 aliphatic rings. The number of nitrogens with one attached hydrogen (secondary N) is 1. The van der Waals surface area contributed by atoms with Gasteiger partial charge in [0.05, 0.1) is 5.57 Å². The molecular weight excluding hydrogens is 395 g/mol. The van der Waals surface area contributed by atoms with Crippen LogP contribution in [0.15, 0.2) is 46.2 Å². The number of amides is 1. The van der Waals surface area contributed by atoms with E-state index >= 15 is 0 Å². The second-order valence-corrected chi connectivity index (χ2v) is 6.97. The molecule has 1 saturated carbocycles. The van der Waals surface area contributed by atoms with Gasteiger partial charge in [0.2, 0.25) is 0 Å². The Morgan fingerprint density at radius 3 is 2.45 bits per heavy atom. The van der Waals surface area contributed by atoms with E-state index < -0.39 is 35.7 Å². The molecule has 1 amide bonds. The number of nitrogens with two attached hydrogens (primary N) is 1. The third-order valence-electron chi connectivity index (χ3n) is 4.91. The molecule has 0 aromatic heterocycles. The summed E-state index contributed by atoms with van der Waals surface area (Å²) in [5.41, 5.74) is 6.28. The number of anilines is 1. The number of benzene rings is 1. The first kappa shape index (κ1) is 20.8. The van der Waals surface area contributed by atoms with Gasteiger partial charge in [-0.2, -0.15) is 13.2 Å². The summed E-state index contributed by atoms with van der Waals surface area (Å²) in [6.45, 7) is 1.45. The minimum Gasteiger partial charge on any atom is -0.404 e. The van der Waals surface area contributed by atoms with Gasteiger partial charge in [-0.1, -0.05) is 6.92 Å². The van der Waals surface area contributed by atoms with Gasteiger partial charge in [0.15, 0.2) is 11.6 Å². The van der Waals surface area contributed by atoms with Crippen molar-refractivity contribution in [2.24, 2.45) is 16.6 Å². The fourth-order valence-corrected chi connectivity index (χ4v) is 3.41. The van der Waals surface area contributed by atoms with Gasteiger partial charge >= 0.3 is 6.18 Å². The molecule has 156 valence electrons. The molecule has 1 aromatic rings. The Morgan fingerprint density at radius 1 is 1.28 bits per heavy atom. The molecule has 0 radical (unpaired) electrons. The second kappa shape index (κ2) is 7.49. The summed E-state index contributed by atoms with van der Waals surface area (Å²) < 4.78 is 67.6. The second-order valence-electron chi connectivity index (χ2n) is 6.97. The number of alkyl halides is 3. The van der Waals surface area contributed by atoms with Crippen LogP contribution in [0.3, 0.4) is 0 Å². The van der Waals surface area contributed by atoms with E-state index in [1.54, 1.807) is 0 Å². The number of nitrogens with zero attached hydrogens (tertiary/aromatic N) is 2. The molecule has 3 rings (SSSR count). The Kier molecular flexibility index (Phi) is 5.38. The minimum absolute atomic E-state index is 0.0752. The fraction of sp³-hybridized carbons (Fsp3) is 0.368. The lowest BCUT2D eigenvalue weighted by Crippen LogP contribution is -2.54. The number of carbonyl (C=O) groups is 1. The largest absolute Gasteiger partial charge is 0.409 e. The number of halogens is 5. The Balaban J connectivity index is 1.96. The predicted octanol–water partition coefficient (Wildman–Crippen LogP) is 3.70. The van der Waals surface area contributed by atoms with Crippen LogP contribution in [0.1, 0.15) is 19.8 Å². The molecule has 1 aliphatic carbocycles. The van der Waals surface area contributed by atoms with E-state index in [0.29, 0.717) is 18.5 Å². The number of carbonyl (C=O) groups excluding carboxylic acids is 1. The van der Waals surface area contributed by atoms with Gasteiger partial charge in [-0.3, -0.25) is 4.79 Å². The molecule has 29 heavy (non-hydrogen) atoms. The Hall–Kier alpha value is -2.91. The van der Waals surface area contributed by atoms with Crippen LogP contribution in [0.4, 0.5) is 27.6 Å². The highest BCUT2D eigenvalue weighted by Gasteiger charge is 2.51. The van der Waals surface area contributed by atoms with E-state index in [1.807, 2.05) is 0 Å². The molecule has 2 atom stereocenters. The van der Waals surface area contributed by atoms with E-state index in [9.17, 15) is 26.7 Å². The van der Waals surface area contributed by atoms with Crippen molar-refractivity contribution < 1.29 is 26.7 Å². The smallest absolute Gasteiger partial charge is 0.404 e. The maximum absolute atomic E-state index is 13.7. The third-order valence-corrected chi connectivity index (χ3v) is 4.91. The molecule has 0 bridgehead atoms. The molecule has 0 saturated heterocycles. The van der Waals surface area contributed by atoms with Gasteiger partial charge in [0.25, 0.3) is 5.91 Å². The molecule has 2 unspecified atom stereocenters. The van der Waals surface area contributed by atoms with Crippen molar-refractivity contribution in [2.45, 2.75) is 32.0 Å². The van der Waals surface area contributed by atoms with Crippen LogP contribution in [0.5, 0.6) is 0 Å². The van der Waals surface area contributed by atoms with Crippen molar-refractivity contribution in [1.82, 2.24) is 4.90 Å². The van der Waals surface area contributed by atoms with Gasteiger partial charge in [-0.05, 0) is 30.5 Å². The molecule has 3 N–H and O–H groups in total. The number of likely N-dealkylation sites (N-methyl/N-ethyl adjacent to an activating group) is 1. The highest BCUT2D eigenvalue weighted by atomic mass is 19.4. The highest BCUT2D eigenvalue weighted by molar-refractivity contribution is 6.24. The quantitative estimate of drug-likeness (QED) is 0.585. The average Bonchev–Trinajstić information content (AvgIpc) is 3.44. The monoisotopic (exact) mass is 414 g/mol. The van der Waals surface area contributed by atoms with Crippen LogP contribution in [0, 0.1) is 17.6 Å². The lowest BCUT2D eigenvalue weighted by molar-refractivity contribution is -0.181. The third kappa shape index (κ3) is 4.10. The minimum atomic E-state index is -4.56. The van der Waals surface area contributed by atoms with Crippen LogP contribution < -0.4 is 11.1 Å². The first-order valence-electron chi connectivity index (χ1n) is 8.83. The normalized spacial score (nSPS) is 22.5. The van der Waals surface area contributed by atoms with Gasteiger partial charge in [-0.25, -0.2) is 13.8 Å². The average molecular weight is 414 g/mol. The predicted molar refractivity (Wildman–Crippen MR) is 97.7 cm³/mol. The van der Waals surface area contributed by atoms with Crippen molar-refractivity contribution >= 4 is 17.4 Å². The number of amidine groups is 1. The Bertz CT molecular complexity index is 929. The summed E-state index contributed by atoms with van der Waals surface area (Å²) in [6.07, 6.45) is -2.39. The molecule has 1 heterocycles. The van der Waals surface area contributed by atoms with E-state index in [1.165, 1.54) is 14.0 Å². The molecule has 10 heteroatoms. The lowest BCUT2D eigenvalue weighted by Gasteiger charge is -2.40. The Morgan fingerprint density at radius 2 is 1.93 bits per heavy atom. The molecular formula is C19H19F5N4O. The van der Waals surface area contributed by atoms with Crippen LogP contribution in [0.2, 0.25) is 0 Å². The van der Waals surface area contributed by atoms with Crippen LogP contribution in [0.25, 0.3) is 0 Å². The molecule has 5 nitrogen and oxygen atoms in total. The van der Waals surface area contributed by atoms with Gasteiger partial charge in [-0.15, -0.1) is 0 Å². The first-order valence-corrected chi connectivity index (χ1v) is 8.83. The molecule has 1 aromatic carbocycles. The number of hydrogen-bond acceptors (Lipinski definition) is 4. The van der Waals surface area contributed by atoms with E-state index in [0.717, 1.165) is 34.9 Å². The maximum atomic E-state index is 13.7. The lowest BCUT2D eigenvalue weighted by atomic mass is 9.92. The van der Waals surface area contributed by atoms with E-state index in [4.69, 9.17) is 5.73 Å². The summed E-state index contributed by atoms with van der Waals surface area (Å²) in [5, 5.41) is 2.30. The van der Waals surface area contributed by atoms with Crippen LogP contribution in [-0.2, 0) is 4.79 Å².